The SMILES string of the molecule is CCN(CCCO)CC(CC)(CC)CNC(C)C. The molecule has 0 heterocycles. The van der Waals surface area contributed by atoms with Gasteiger partial charge < -0.3 is 15.3 Å². The number of rotatable bonds is 11. The van der Waals surface area contributed by atoms with Gasteiger partial charge in [-0.1, -0.05) is 34.6 Å². The Balaban J connectivity index is 4.45. The Bertz CT molecular complexity index is 191. The van der Waals surface area contributed by atoms with Crippen molar-refractivity contribution in [1.29, 1.82) is 0 Å². The molecule has 0 spiro atoms. The first-order chi connectivity index (χ1) is 8.53. The van der Waals surface area contributed by atoms with E-state index in [9.17, 15) is 0 Å². The lowest BCUT2D eigenvalue weighted by Gasteiger charge is -2.38. The smallest absolute Gasteiger partial charge is 0.0443 e. The Kier molecular flexibility index (Phi) is 9.70. The zero-order valence-electron chi connectivity index (χ0n) is 13.1. The minimum Gasteiger partial charge on any atom is -0.396 e. The molecule has 0 atom stereocenters. The zero-order chi connectivity index (χ0) is 14.0. The van der Waals surface area contributed by atoms with Crippen LogP contribution in [-0.4, -0.2) is 48.8 Å². The molecule has 0 unspecified atom stereocenters. The number of hydrogen-bond donors (Lipinski definition) is 2. The van der Waals surface area contributed by atoms with Crippen LogP contribution in [-0.2, 0) is 0 Å². The first-order valence-corrected chi connectivity index (χ1v) is 7.60. The minimum atomic E-state index is 0.298. The lowest BCUT2D eigenvalue weighted by Crippen LogP contribution is -2.45. The second-order valence-corrected chi connectivity index (χ2v) is 5.69. The monoisotopic (exact) mass is 258 g/mol. The zero-order valence-corrected chi connectivity index (χ0v) is 13.1. The summed E-state index contributed by atoms with van der Waals surface area (Å²) in [4.78, 5) is 2.48. The van der Waals surface area contributed by atoms with Crippen molar-refractivity contribution in [2.45, 2.75) is 59.9 Å². The second kappa shape index (κ2) is 9.76. The molecule has 0 aliphatic carbocycles. The molecule has 0 saturated heterocycles. The quantitative estimate of drug-likeness (QED) is 0.598. The fourth-order valence-electron chi connectivity index (χ4n) is 2.32. The van der Waals surface area contributed by atoms with Crippen LogP contribution in [0.2, 0.25) is 0 Å². The molecule has 0 bridgehead atoms. The van der Waals surface area contributed by atoms with Gasteiger partial charge in [0.1, 0.15) is 0 Å². The predicted molar refractivity (Wildman–Crippen MR) is 80.0 cm³/mol. The van der Waals surface area contributed by atoms with Crippen LogP contribution < -0.4 is 5.32 Å². The highest BCUT2D eigenvalue weighted by Crippen LogP contribution is 2.27. The number of aliphatic hydroxyl groups is 1. The van der Waals surface area contributed by atoms with Gasteiger partial charge in [-0.25, -0.2) is 0 Å². The van der Waals surface area contributed by atoms with Crippen LogP contribution in [0.25, 0.3) is 0 Å². The van der Waals surface area contributed by atoms with E-state index in [1.807, 2.05) is 0 Å². The number of aliphatic hydroxyl groups excluding tert-OH is 1. The summed E-state index contributed by atoms with van der Waals surface area (Å²) < 4.78 is 0. The largest absolute Gasteiger partial charge is 0.396 e. The summed E-state index contributed by atoms with van der Waals surface area (Å²) in [7, 11) is 0. The van der Waals surface area contributed by atoms with Crippen molar-refractivity contribution in [2.24, 2.45) is 5.41 Å². The van der Waals surface area contributed by atoms with E-state index in [1.54, 1.807) is 0 Å². The molecule has 18 heavy (non-hydrogen) atoms. The fourth-order valence-corrected chi connectivity index (χ4v) is 2.32. The Morgan fingerprint density at radius 3 is 2.17 bits per heavy atom. The summed E-state index contributed by atoms with van der Waals surface area (Å²) in [6, 6.07) is 0.551. The average molecular weight is 258 g/mol. The molecule has 2 N–H and O–H groups in total. The molecule has 3 nitrogen and oxygen atoms in total. The molecule has 0 aliphatic rings. The molecule has 0 saturated carbocycles. The Morgan fingerprint density at radius 2 is 1.78 bits per heavy atom. The highest BCUT2D eigenvalue weighted by molar-refractivity contribution is 4.83. The van der Waals surface area contributed by atoms with Gasteiger partial charge in [-0.2, -0.15) is 0 Å². The second-order valence-electron chi connectivity index (χ2n) is 5.69. The number of hydrogen-bond acceptors (Lipinski definition) is 3. The van der Waals surface area contributed by atoms with E-state index in [0.717, 1.165) is 32.6 Å². The van der Waals surface area contributed by atoms with Crippen molar-refractivity contribution < 1.29 is 5.11 Å². The Labute approximate surface area is 114 Å². The van der Waals surface area contributed by atoms with Crippen LogP contribution in [0.4, 0.5) is 0 Å². The number of nitrogens with zero attached hydrogens (tertiary/aromatic N) is 1. The molecule has 110 valence electrons. The average Bonchev–Trinajstić information content (AvgIpc) is 2.38. The lowest BCUT2D eigenvalue weighted by molar-refractivity contribution is 0.128. The van der Waals surface area contributed by atoms with Crippen LogP contribution in [0, 0.1) is 5.41 Å². The van der Waals surface area contributed by atoms with E-state index in [-0.39, 0.29) is 0 Å². The molecular weight excluding hydrogens is 224 g/mol. The van der Waals surface area contributed by atoms with E-state index in [0.29, 0.717) is 18.1 Å². The fraction of sp³-hybridized carbons (Fsp3) is 1.00. The third kappa shape index (κ3) is 6.72. The molecule has 0 aliphatic heterocycles. The summed E-state index contributed by atoms with van der Waals surface area (Å²) in [5.41, 5.74) is 0.371. The van der Waals surface area contributed by atoms with E-state index in [2.05, 4.69) is 44.8 Å². The van der Waals surface area contributed by atoms with Crippen molar-refractivity contribution >= 4 is 0 Å². The molecule has 3 heteroatoms. The summed E-state index contributed by atoms with van der Waals surface area (Å²) in [5, 5.41) is 12.6. The maximum Gasteiger partial charge on any atom is 0.0443 e. The van der Waals surface area contributed by atoms with Gasteiger partial charge in [0.05, 0.1) is 0 Å². The van der Waals surface area contributed by atoms with Crippen molar-refractivity contribution in [3.63, 3.8) is 0 Å². The van der Waals surface area contributed by atoms with Crippen LogP contribution in [0.5, 0.6) is 0 Å². The normalized spacial score (nSPS) is 12.7. The van der Waals surface area contributed by atoms with Crippen molar-refractivity contribution in [3.8, 4) is 0 Å². The highest BCUT2D eigenvalue weighted by atomic mass is 16.3. The molecule has 0 fully saturated rings. The van der Waals surface area contributed by atoms with Crippen LogP contribution in [0.3, 0.4) is 0 Å². The third-order valence-electron chi connectivity index (χ3n) is 4.02. The highest BCUT2D eigenvalue weighted by Gasteiger charge is 2.28. The molecule has 0 aromatic heterocycles. The van der Waals surface area contributed by atoms with Crippen LogP contribution in [0.1, 0.15) is 53.9 Å². The first-order valence-electron chi connectivity index (χ1n) is 7.60. The van der Waals surface area contributed by atoms with Gasteiger partial charge >= 0.3 is 0 Å². The lowest BCUT2D eigenvalue weighted by atomic mass is 9.81. The van der Waals surface area contributed by atoms with E-state index < -0.39 is 0 Å². The predicted octanol–water partition coefficient (Wildman–Crippen LogP) is 2.50. The number of nitrogens with one attached hydrogen (secondary N) is 1. The summed E-state index contributed by atoms with van der Waals surface area (Å²) in [6.07, 6.45) is 3.30. The van der Waals surface area contributed by atoms with Crippen molar-refractivity contribution in [1.82, 2.24) is 10.2 Å². The van der Waals surface area contributed by atoms with Gasteiger partial charge in [-0.3, -0.25) is 0 Å². The standard InChI is InChI=1S/C15H34N2O/c1-6-15(7-2,12-16-14(4)5)13-17(8-3)10-9-11-18/h14,16,18H,6-13H2,1-5H3. The minimum absolute atomic E-state index is 0.298. The van der Waals surface area contributed by atoms with Gasteiger partial charge in [-0.15, -0.1) is 0 Å². The van der Waals surface area contributed by atoms with E-state index >= 15 is 0 Å². The first kappa shape index (κ1) is 17.9. The third-order valence-corrected chi connectivity index (χ3v) is 4.02. The molecule has 0 aromatic carbocycles. The van der Waals surface area contributed by atoms with Crippen molar-refractivity contribution in [2.75, 3.05) is 32.8 Å². The summed E-state index contributed by atoms with van der Waals surface area (Å²) in [6.45, 7) is 15.8. The van der Waals surface area contributed by atoms with Crippen LogP contribution in [0.15, 0.2) is 0 Å². The maximum atomic E-state index is 8.96. The Morgan fingerprint density at radius 1 is 1.17 bits per heavy atom. The summed E-state index contributed by atoms with van der Waals surface area (Å²) >= 11 is 0. The van der Waals surface area contributed by atoms with Crippen molar-refractivity contribution in [3.05, 3.63) is 0 Å². The van der Waals surface area contributed by atoms with Gasteiger partial charge in [-0.05, 0) is 31.2 Å². The molecular formula is C15H34N2O. The van der Waals surface area contributed by atoms with E-state index in [1.165, 1.54) is 12.8 Å². The van der Waals surface area contributed by atoms with Crippen LogP contribution >= 0.6 is 0 Å². The molecule has 0 rings (SSSR count). The Hall–Kier alpha value is -0.120. The molecule has 0 aromatic rings. The van der Waals surface area contributed by atoms with Gasteiger partial charge in [0.15, 0.2) is 0 Å². The summed E-state index contributed by atoms with van der Waals surface area (Å²) in [5.74, 6) is 0. The van der Waals surface area contributed by atoms with E-state index in [4.69, 9.17) is 5.11 Å². The van der Waals surface area contributed by atoms with Gasteiger partial charge in [0, 0.05) is 32.3 Å². The maximum absolute atomic E-state index is 8.96. The van der Waals surface area contributed by atoms with Gasteiger partial charge in [0.2, 0.25) is 0 Å². The van der Waals surface area contributed by atoms with Gasteiger partial charge in [0.25, 0.3) is 0 Å². The molecule has 0 radical (unpaired) electrons. The molecule has 0 amide bonds. The topological polar surface area (TPSA) is 35.5 Å².